The van der Waals surface area contributed by atoms with Crippen LogP contribution in [0.3, 0.4) is 0 Å². The molecule has 0 amide bonds. The second-order valence-corrected chi connectivity index (χ2v) is 6.99. The second-order valence-electron chi connectivity index (χ2n) is 5.11. The molecular weight excluding hydrogens is 300 g/mol. The van der Waals surface area contributed by atoms with E-state index in [4.69, 9.17) is 4.98 Å². The molecule has 4 nitrogen and oxygen atoms in total. The normalized spacial score (nSPS) is 16.4. The zero-order chi connectivity index (χ0) is 14.1. The van der Waals surface area contributed by atoms with Gasteiger partial charge in [-0.25, -0.2) is 9.97 Å². The van der Waals surface area contributed by atoms with Gasteiger partial charge in [0.2, 0.25) is 0 Å². The number of para-hydroxylation sites is 1. The summed E-state index contributed by atoms with van der Waals surface area (Å²) in [4.78, 5) is 14.0. The summed E-state index contributed by atoms with van der Waals surface area (Å²) >= 11 is 3.52. The van der Waals surface area contributed by atoms with E-state index in [-0.39, 0.29) is 0 Å². The van der Waals surface area contributed by atoms with E-state index in [1.165, 1.54) is 4.70 Å². The van der Waals surface area contributed by atoms with E-state index in [2.05, 4.69) is 39.0 Å². The summed E-state index contributed by atoms with van der Waals surface area (Å²) in [6.45, 7) is 4.18. The molecule has 1 saturated heterocycles. The Morgan fingerprint density at radius 1 is 0.952 bits per heavy atom. The quantitative estimate of drug-likeness (QED) is 0.724. The van der Waals surface area contributed by atoms with Crippen molar-refractivity contribution in [1.29, 1.82) is 0 Å². The SMILES string of the molecule is c1ccc2sc(N3CCCN(c4nccs4)CC3)nc2c1. The first kappa shape index (κ1) is 13.0. The van der Waals surface area contributed by atoms with Crippen molar-refractivity contribution in [2.75, 3.05) is 36.0 Å². The Morgan fingerprint density at radius 2 is 1.76 bits per heavy atom. The molecule has 1 aliphatic rings. The number of thiazole rings is 2. The number of nitrogens with zero attached hydrogens (tertiary/aromatic N) is 4. The average molecular weight is 316 g/mol. The molecule has 0 atom stereocenters. The highest BCUT2D eigenvalue weighted by molar-refractivity contribution is 7.22. The summed E-state index contributed by atoms with van der Waals surface area (Å²) < 4.78 is 1.27. The van der Waals surface area contributed by atoms with Gasteiger partial charge in [0.15, 0.2) is 10.3 Å². The largest absolute Gasteiger partial charge is 0.346 e. The minimum Gasteiger partial charge on any atom is -0.346 e. The van der Waals surface area contributed by atoms with Crippen LogP contribution in [0.1, 0.15) is 6.42 Å². The van der Waals surface area contributed by atoms with Gasteiger partial charge < -0.3 is 9.80 Å². The van der Waals surface area contributed by atoms with Crippen molar-refractivity contribution in [2.45, 2.75) is 6.42 Å². The van der Waals surface area contributed by atoms with Crippen LogP contribution in [0.5, 0.6) is 0 Å². The Kier molecular flexibility index (Phi) is 3.48. The summed E-state index contributed by atoms with van der Waals surface area (Å²) in [7, 11) is 0. The van der Waals surface area contributed by atoms with Gasteiger partial charge in [0, 0.05) is 37.8 Å². The van der Waals surface area contributed by atoms with Crippen molar-refractivity contribution >= 4 is 43.2 Å². The Morgan fingerprint density at radius 3 is 2.52 bits per heavy atom. The van der Waals surface area contributed by atoms with Gasteiger partial charge in [0.05, 0.1) is 10.2 Å². The fourth-order valence-electron chi connectivity index (χ4n) is 2.67. The first-order valence-corrected chi connectivity index (χ1v) is 8.85. The van der Waals surface area contributed by atoms with E-state index in [1.54, 1.807) is 22.7 Å². The fraction of sp³-hybridized carbons (Fsp3) is 0.333. The van der Waals surface area contributed by atoms with Gasteiger partial charge in [-0.1, -0.05) is 23.5 Å². The van der Waals surface area contributed by atoms with E-state index < -0.39 is 0 Å². The Hall–Kier alpha value is -1.66. The highest BCUT2D eigenvalue weighted by Gasteiger charge is 2.19. The molecule has 6 heteroatoms. The van der Waals surface area contributed by atoms with Crippen molar-refractivity contribution < 1.29 is 0 Å². The average Bonchev–Trinajstić information content (AvgIpc) is 3.12. The van der Waals surface area contributed by atoms with E-state index in [0.717, 1.165) is 48.4 Å². The van der Waals surface area contributed by atoms with Gasteiger partial charge in [0.1, 0.15) is 0 Å². The first-order valence-electron chi connectivity index (χ1n) is 7.15. The molecular formula is C15H16N4S2. The van der Waals surface area contributed by atoms with Crippen molar-refractivity contribution in [3.63, 3.8) is 0 Å². The van der Waals surface area contributed by atoms with Gasteiger partial charge in [-0.15, -0.1) is 11.3 Å². The molecule has 4 rings (SSSR count). The number of aromatic nitrogens is 2. The zero-order valence-corrected chi connectivity index (χ0v) is 13.2. The third-order valence-corrected chi connectivity index (χ3v) is 5.67. The zero-order valence-electron chi connectivity index (χ0n) is 11.6. The number of rotatable bonds is 2. The summed E-state index contributed by atoms with van der Waals surface area (Å²) in [5, 5.41) is 4.34. The van der Waals surface area contributed by atoms with Crippen LogP contribution in [0.4, 0.5) is 10.3 Å². The van der Waals surface area contributed by atoms with Crippen LogP contribution in [0.2, 0.25) is 0 Å². The molecule has 108 valence electrons. The van der Waals surface area contributed by atoms with Crippen LogP contribution in [0.25, 0.3) is 10.2 Å². The van der Waals surface area contributed by atoms with E-state index in [0.29, 0.717) is 0 Å². The summed E-state index contributed by atoms with van der Waals surface area (Å²) in [5.41, 5.74) is 1.11. The lowest BCUT2D eigenvalue weighted by atomic mass is 10.3. The van der Waals surface area contributed by atoms with Crippen LogP contribution < -0.4 is 9.80 Å². The summed E-state index contributed by atoms with van der Waals surface area (Å²) in [6.07, 6.45) is 3.03. The number of hydrogen-bond donors (Lipinski definition) is 0. The van der Waals surface area contributed by atoms with Gasteiger partial charge in [-0.05, 0) is 18.6 Å². The maximum absolute atomic E-state index is 4.78. The predicted molar refractivity (Wildman–Crippen MR) is 90.8 cm³/mol. The third kappa shape index (κ3) is 2.61. The molecule has 3 heterocycles. The van der Waals surface area contributed by atoms with Crippen molar-refractivity contribution in [3.8, 4) is 0 Å². The van der Waals surface area contributed by atoms with Crippen LogP contribution in [0.15, 0.2) is 35.8 Å². The number of anilines is 2. The lowest BCUT2D eigenvalue weighted by molar-refractivity contribution is 0.803. The molecule has 0 N–H and O–H groups in total. The number of fused-ring (bicyclic) bond motifs is 1. The Labute approximate surface area is 131 Å². The van der Waals surface area contributed by atoms with Gasteiger partial charge >= 0.3 is 0 Å². The summed E-state index contributed by atoms with van der Waals surface area (Å²) in [6, 6.07) is 8.38. The molecule has 1 fully saturated rings. The molecule has 0 aliphatic carbocycles. The molecule has 21 heavy (non-hydrogen) atoms. The predicted octanol–water partition coefficient (Wildman–Crippen LogP) is 3.47. The molecule has 1 aliphatic heterocycles. The highest BCUT2D eigenvalue weighted by atomic mass is 32.1. The standard InChI is InChI=1S/C15H16N4S2/c1-2-5-13-12(4-1)17-15(21-13)19-8-3-7-18(9-10-19)14-16-6-11-20-14/h1-2,4-6,11H,3,7-10H2. The highest BCUT2D eigenvalue weighted by Crippen LogP contribution is 2.29. The maximum atomic E-state index is 4.78. The topological polar surface area (TPSA) is 32.3 Å². The van der Waals surface area contributed by atoms with Crippen LogP contribution in [0, 0.1) is 0 Å². The van der Waals surface area contributed by atoms with E-state index in [9.17, 15) is 0 Å². The fourth-order valence-corrected chi connectivity index (χ4v) is 4.38. The Bertz CT molecular complexity index is 689. The van der Waals surface area contributed by atoms with Crippen molar-refractivity contribution in [1.82, 2.24) is 9.97 Å². The molecule has 0 unspecified atom stereocenters. The molecule has 0 saturated carbocycles. The first-order chi connectivity index (χ1) is 10.4. The van der Waals surface area contributed by atoms with Crippen LogP contribution in [-0.2, 0) is 0 Å². The van der Waals surface area contributed by atoms with Gasteiger partial charge in [0.25, 0.3) is 0 Å². The summed E-state index contributed by atoms with van der Waals surface area (Å²) in [5.74, 6) is 0. The molecule has 2 aromatic heterocycles. The molecule has 3 aromatic rings. The lowest BCUT2D eigenvalue weighted by Crippen LogP contribution is -2.30. The van der Waals surface area contributed by atoms with Crippen LogP contribution >= 0.6 is 22.7 Å². The van der Waals surface area contributed by atoms with E-state index in [1.807, 2.05) is 11.6 Å². The van der Waals surface area contributed by atoms with Crippen molar-refractivity contribution in [2.24, 2.45) is 0 Å². The minimum atomic E-state index is 1.01. The second kappa shape index (κ2) is 5.61. The van der Waals surface area contributed by atoms with Crippen molar-refractivity contribution in [3.05, 3.63) is 35.8 Å². The molecule has 0 bridgehead atoms. The molecule has 1 aromatic carbocycles. The minimum absolute atomic E-state index is 1.01. The molecule has 0 radical (unpaired) electrons. The van der Waals surface area contributed by atoms with Gasteiger partial charge in [-0.2, -0.15) is 0 Å². The monoisotopic (exact) mass is 316 g/mol. The maximum Gasteiger partial charge on any atom is 0.186 e. The van der Waals surface area contributed by atoms with Gasteiger partial charge in [-0.3, -0.25) is 0 Å². The Balaban J connectivity index is 1.54. The third-order valence-electron chi connectivity index (χ3n) is 3.74. The smallest absolute Gasteiger partial charge is 0.186 e. The number of hydrogen-bond acceptors (Lipinski definition) is 6. The molecule has 0 spiro atoms. The lowest BCUT2D eigenvalue weighted by Gasteiger charge is -2.20. The van der Waals surface area contributed by atoms with E-state index >= 15 is 0 Å². The number of benzene rings is 1. The van der Waals surface area contributed by atoms with Crippen LogP contribution in [-0.4, -0.2) is 36.1 Å².